The summed E-state index contributed by atoms with van der Waals surface area (Å²) in [5, 5.41) is 2.64. The molecule has 21 heavy (non-hydrogen) atoms. The lowest BCUT2D eigenvalue weighted by Crippen LogP contribution is -2.25. The Hall–Kier alpha value is -1.99. The molecule has 1 aromatic carbocycles. The number of fused-ring (bicyclic) bond motifs is 1. The zero-order chi connectivity index (χ0) is 14.9. The third-order valence-electron chi connectivity index (χ3n) is 3.36. The molecule has 0 saturated carbocycles. The molecule has 1 aromatic heterocycles. The van der Waals surface area contributed by atoms with E-state index in [0.29, 0.717) is 12.2 Å². The molecule has 3 rings (SSSR count). The first-order valence-electron chi connectivity index (χ1n) is 6.53. The molecule has 2 N–H and O–H groups in total. The van der Waals surface area contributed by atoms with Crippen molar-refractivity contribution in [3.63, 3.8) is 0 Å². The topological polar surface area (TPSA) is 71.1 Å². The van der Waals surface area contributed by atoms with Gasteiger partial charge < -0.3 is 5.32 Å². The summed E-state index contributed by atoms with van der Waals surface area (Å²) in [7, 11) is -4.03. The minimum atomic E-state index is -4.03. The molecule has 1 aliphatic rings. The van der Waals surface area contributed by atoms with Crippen LogP contribution in [0.5, 0.6) is 0 Å². The average molecular weight is 307 g/mol. The minimum Gasteiger partial charge on any atom is -0.312 e. The second kappa shape index (κ2) is 5.42. The Labute approximate surface area is 122 Å². The number of benzene rings is 1. The van der Waals surface area contributed by atoms with Crippen LogP contribution in [0.4, 0.5) is 10.1 Å². The number of rotatable bonds is 3. The number of hydrogen-bond acceptors (Lipinski definition) is 4. The van der Waals surface area contributed by atoms with E-state index >= 15 is 0 Å². The number of hydrogen-bond donors (Lipinski definition) is 2. The lowest BCUT2D eigenvalue weighted by molar-refractivity contribution is 0.556. The summed E-state index contributed by atoms with van der Waals surface area (Å²) in [6.45, 7) is 1.48. The Balaban J connectivity index is 1.99. The number of anilines is 1. The van der Waals surface area contributed by atoms with Crippen LogP contribution in [0.15, 0.2) is 41.6 Å². The maximum atomic E-state index is 13.6. The predicted octanol–water partition coefficient (Wildman–Crippen LogP) is 1.67. The average Bonchev–Trinajstić information content (AvgIpc) is 2.47. The third-order valence-corrected chi connectivity index (χ3v) is 4.66. The monoisotopic (exact) mass is 307 g/mol. The van der Waals surface area contributed by atoms with E-state index in [-0.39, 0.29) is 0 Å². The van der Waals surface area contributed by atoms with Crippen molar-refractivity contribution in [2.75, 3.05) is 11.3 Å². The van der Waals surface area contributed by atoms with Crippen molar-refractivity contribution in [3.05, 3.63) is 53.5 Å². The SMILES string of the molecule is O=S(=O)(Nc1cccc2c1CCNC2)c1ncccc1F. The lowest BCUT2D eigenvalue weighted by atomic mass is 9.99. The smallest absolute Gasteiger partial charge is 0.282 e. The van der Waals surface area contributed by atoms with Gasteiger partial charge in [0, 0.05) is 12.7 Å². The normalized spacial score (nSPS) is 14.5. The summed E-state index contributed by atoms with van der Waals surface area (Å²) in [6.07, 6.45) is 1.97. The highest BCUT2D eigenvalue weighted by molar-refractivity contribution is 7.92. The summed E-state index contributed by atoms with van der Waals surface area (Å²) in [6, 6.07) is 7.83. The first-order chi connectivity index (χ1) is 10.1. The number of pyridine rings is 1. The van der Waals surface area contributed by atoms with E-state index in [1.807, 2.05) is 6.07 Å². The zero-order valence-corrected chi connectivity index (χ0v) is 12.0. The van der Waals surface area contributed by atoms with Crippen molar-refractivity contribution >= 4 is 15.7 Å². The van der Waals surface area contributed by atoms with Gasteiger partial charge in [0.05, 0.1) is 5.69 Å². The molecule has 2 aromatic rings. The van der Waals surface area contributed by atoms with E-state index in [1.54, 1.807) is 12.1 Å². The van der Waals surface area contributed by atoms with Gasteiger partial charge >= 0.3 is 0 Å². The molecule has 0 amide bonds. The van der Waals surface area contributed by atoms with Crippen LogP contribution >= 0.6 is 0 Å². The van der Waals surface area contributed by atoms with Crippen molar-refractivity contribution < 1.29 is 12.8 Å². The molecular formula is C14H14FN3O2S. The van der Waals surface area contributed by atoms with Crippen LogP contribution in [0.3, 0.4) is 0 Å². The second-order valence-electron chi connectivity index (χ2n) is 4.77. The van der Waals surface area contributed by atoms with Crippen LogP contribution < -0.4 is 10.0 Å². The van der Waals surface area contributed by atoms with Gasteiger partial charge in [0.25, 0.3) is 10.0 Å². The number of aromatic nitrogens is 1. The summed E-state index contributed by atoms with van der Waals surface area (Å²) in [5.74, 6) is -0.864. The zero-order valence-electron chi connectivity index (χ0n) is 11.1. The fourth-order valence-corrected chi connectivity index (χ4v) is 3.49. The molecule has 7 heteroatoms. The quantitative estimate of drug-likeness (QED) is 0.905. The van der Waals surface area contributed by atoms with Crippen LogP contribution in [-0.4, -0.2) is 19.9 Å². The standard InChI is InChI=1S/C14H14FN3O2S/c15-12-4-2-7-17-14(12)21(19,20)18-13-5-1-3-10-9-16-8-6-11(10)13/h1-5,7,16,18H,6,8-9H2. The summed E-state index contributed by atoms with van der Waals surface area (Å²) in [4.78, 5) is 3.62. The van der Waals surface area contributed by atoms with Gasteiger partial charge in [0.2, 0.25) is 5.03 Å². The molecule has 0 bridgehead atoms. The molecule has 2 heterocycles. The number of nitrogens with one attached hydrogen (secondary N) is 2. The fraction of sp³-hybridized carbons (Fsp3) is 0.214. The maximum Gasteiger partial charge on any atom is 0.282 e. The minimum absolute atomic E-state index is 0.485. The van der Waals surface area contributed by atoms with Gasteiger partial charge in [-0.05, 0) is 42.3 Å². The summed E-state index contributed by atoms with van der Waals surface area (Å²) >= 11 is 0. The van der Waals surface area contributed by atoms with Gasteiger partial charge in [-0.2, -0.15) is 8.42 Å². The molecule has 0 saturated heterocycles. The van der Waals surface area contributed by atoms with Gasteiger partial charge in [-0.1, -0.05) is 12.1 Å². The van der Waals surface area contributed by atoms with E-state index < -0.39 is 20.9 Å². The van der Waals surface area contributed by atoms with Crippen LogP contribution in [0.25, 0.3) is 0 Å². The van der Waals surface area contributed by atoms with Gasteiger partial charge in [-0.25, -0.2) is 9.37 Å². The first-order valence-corrected chi connectivity index (χ1v) is 8.01. The van der Waals surface area contributed by atoms with E-state index in [0.717, 1.165) is 30.2 Å². The summed E-state index contributed by atoms with van der Waals surface area (Å²) in [5.41, 5.74) is 2.47. The highest BCUT2D eigenvalue weighted by Crippen LogP contribution is 2.25. The molecule has 0 fully saturated rings. The number of sulfonamides is 1. The third kappa shape index (κ3) is 2.74. The van der Waals surface area contributed by atoms with Crippen LogP contribution in [-0.2, 0) is 23.0 Å². The Kier molecular flexibility index (Phi) is 3.60. The lowest BCUT2D eigenvalue weighted by Gasteiger charge is -2.20. The van der Waals surface area contributed by atoms with E-state index in [2.05, 4.69) is 15.0 Å². The number of halogens is 1. The van der Waals surface area contributed by atoms with Crippen molar-refractivity contribution in [1.82, 2.24) is 10.3 Å². The van der Waals surface area contributed by atoms with Crippen molar-refractivity contribution in [1.29, 1.82) is 0 Å². The highest BCUT2D eigenvalue weighted by Gasteiger charge is 2.22. The van der Waals surface area contributed by atoms with E-state index in [1.165, 1.54) is 12.3 Å². The van der Waals surface area contributed by atoms with Crippen LogP contribution in [0.1, 0.15) is 11.1 Å². The Morgan fingerprint density at radius 1 is 1.24 bits per heavy atom. The fourth-order valence-electron chi connectivity index (χ4n) is 2.39. The molecule has 1 aliphatic heterocycles. The predicted molar refractivity (Wildman–Crippen MR) is 76.9 cm³/mol. The molecule has 0 atom stereocenters. The molecule has 0 spiro atoms. The highest BCUT2D eigenvalue weighted by atomic mass is 32.2. The second-order valence-corrected chi connectivity index (χ2v) is 6.36. The Morgan fingerprint density at radius 2 is 2.10 bits per heavy atom. The van der Waals surface area contributed by atoms with Crippen molar-refractivity contribution in [2.24, 2.45) is 0 Å². The van der Waals surface area contributed by atoms with Gasteiger partial charge in [-0.15, -0.1) is 0 Å². The molecule has 0 radical (unpaired) electrons. The number of nitrogens with zero attached hydrogens (tertiary/aromatic N) is 1. The molecule has 5 nitrogen and oxygen atoms in total. The van der Waals surface area contributed by atoms with Crippen molar-refractivity contribution in [2.45, 2.75) is 18.0 Å². The van der Waals surface area contributed by atoms with Gasteiger partial charge in [0.1, 0.15) is 0 Å². The van der Waals surface area contributed by atoms with Crippen molar-refractivity contribution in [3.8, 4) is 0 Å². The molecular weight excluding hydrogens is 293 g/mol. The Bertz CT molecular complexity index is 778. The Morgan fingerprint density at radius 3 is 2.90 bits per heavy atom. The largest absolute Gasteiger partial charge is 0.312 e. The van der Waals surface area contributed by atoms with Gasteiger partial charge in [0.15, 0.2) is 5.82 Å². The van der Waals surface area contributed by atoms with Crippen LogP contribution in [0.2, 0.25) is 0 Å². The molecule has 0 unspecified atom stereocenters. The van der Waals surface area contributed by atoms with Crippen LogP contribution in [0, 0.1) is 5.82 Å². The van der Waals surface area contributed by atoms with E-state index in [9.17, 15) is 12.8 Å². The molecule has 110 valence electrons. The van der Waals surface area contributed by atoms with Gasteiger partial charge in [-0.3, -0.25) is 4.72 Å². The van der Waals surface area contributed by atoms with E-state index in [4.69, 9.17) is 0 Å². The summed E-state index contributed by atoms with van der Waals surface area (Å²) < 4.78 is 40.6. The molecule has 0 aliphatic carbocycles. The first kappa shape index (κ1) is 14.0. The maximum absolute atomic E-state index is 13.6.